The van der Waals surface area contributed by atoms with Crippen LogP contribution in [0.5, 0.6) is 0 Å². The van der Waals surface area contributed by atoms with Crippen molar-refractivity contribution < 1.29 is 4.79 Å². The number of nitrogen functional groups attached to an aromatic ring is 1. The Bertz CT molecular complexity index is 237. The molecule has 2 N–H and O–H groups in total. The van der Waals surface area contributed by atoms with Crippen LogP contribution in [-0.2, 0) is 11.2 Å². The Morgan fingerprint density at radius 2 is 2.50 bits per heavy atom. The van der Waals surface area contributed by atoms with Crippen molar-refractivity contribution in [3.8, 4) is 0 Å². The number of carbonyl (C=O) groups excluding carboxylic acids is 1. The van der Waals surface area contributed by atoms with Crippen LogP contribution in [0.1, 0.15) is 5.56 Å². The van der Waals surface area contributed by atoms with E-state index in [4.69, 9.17) is 5.73 Å². The van der Waals surface area contributed by atoms with Crippen molar-refractivity contribution in [1.82, 2.24) is 0 Å². The molecule has 0 aliphatic rings. The van der Waals surface area contributed by atoms with Gasteiger partial charge in [0.15, 0.2) is 0 Å². The first-order chi connectivity index (χ1) is 4.84. The van der Waals surface area contributed by atoms with Gasteiger partial charge < -0.3 is 0 Å². The van der Waals surface area contributed by atoms with Crippen molar-refractivity contribution in [2.75, 3.05) is 5.73 Å². The molecule has 0 fully saturated rings. The van der Waals surface area contributed by atoms with Gasteiger partial charge in [0, 0.05) is 0 Å². The molecular formula is C7H8BNO. The fourth-order valence-corrected chi connectivity index (χ4v) is 0.810. The standard InChI is InChI=1S/C7H8BNO/c9-7-5-8-3-1-6(7)2-4-10/h1,3-5H,2,9H2. The Hall–Kier alpha value is -1.12. The van der Waals surface area contributed by atoms with E-state index in [0.29, 0.717) is 12.1 Å². The average Bonchev–Trinajstić information content (AvgIpc) is 1.94. The van der Waals surface area contributed by atoms with Gasteiger partial charge in [-0.1, -0.05) is 0 Å². The second kappa shape index (κ2) is 3.15. The minimum absolute atomic E-state index is 0.409. The van der Waals surface area contributed by atoms with Gasteiger partial charge in [-0.2, -0.15) is 0 Å². The van der Waals surface area contributed by atoms with Gasteiger partial charge in [-0.05, 0) is 0 Å². The first kappa shape index (κ1) is 7.00. The monoisotopic (exact) mass is 133 g/mol. The summed E-state index contributed by atoms with van der Waals surface area (Å²) in [6.07, 6.45) is 1.26. The SMILES string of the molecule is Nc1cbccc1CC=O. The first-order valence-electron chi connectivity index (χ1n) is 3.11. The van der Waals surface area contributed by atoms with Crippen molar-refractivity contribution in [3.63, 3.8) is 0 Å². The molecule has 1 rings (SSSR count). The van der Waals surface area contributed by atoms with Crippen molar-refractivity contribution in [2.24, 2.45) is 0 Å². The Morgan fingerprint density at radius 3 is 3.10 bits per heavy atom. The first-order valence-corrected chi connectivity index (χ1v) is 3.11. The topological polar surface area (TPSA) is 43.1 Å². The fraction of sp³-hybridized carbons (Fsp3) is 0.143. The van der Waals surface area contributed by atoms with Crippen LogP contribution in [0.2, 0.25) is 0 Å². The predicted octanol–water partition coefficient (Wildman–Crippen LogP) is 0.348. The molecule has 1 aromatic rings. The maximum absolute atomic E-state index is 10.1. The van der Waals surface area contributed by atoms with Gasteiger partial charge in [-0.15, -0.1) is 0 Å². The number of nitrogens with two attached hydrogens (primary N) is 1. The summed E-state index contributed by atoms with van der Waals surface area (Å²) in [6, 6.07) is 1.85. The van der Waals surface area contributed by atoms with Crippen molar-refractivity contribution >= 4 is 18.9 Å². The molecule has 0 saturated heterocycles. The zero-order valence-corrected chi connectivity index (χ0v) is 5.58. The molecule has 0 bridgehead atoms. The molecule has 0 aliphatic heterocycles. The molecular weight excluding hydrogens is 125 g/mol. The second-order valence-electron chi connectivity index (χ2n) is 2.07. The Labute approximate surface area is 60.3 Å². The molecule has 2 nitrogen and oxygen atoms in total. The summed E-state index contributed by atoms with van der Waals surface area (Å²) in [4.78, 5) is 10.1. The molecule has 1 heterocycles. The van der Waals surface area contributed by atoms with Crippen molar-refractivity contribution in [3.05, 3.63) is 23.6 Å². The van der Waals surface area contributed by atoms with Gasteiger partial charge in [0.1, 0.15) is 0 Å². The van der Waals surface area contributed by atoms with E-state index in [1.807, 2.05) is 18.9 Å². The van der Waals surface area contributed by atoms with Gasteiger partial charge in [0.05, 0.1) is 0 Å². The van der Waals surface area contributed by atoms with Crippen molar-refractivity contribution in [1.29, 1.82) is 0 Å². The minimum atomic E-state index is 0.409. The van der Waals surface area contributed by atoms with Crippen LogP contribution in [0, 0.1) is 0 Å². The molecule has 0 spiro atoms. The summed E-state index contributed by atoms with van der Waals surface area (Å²) >= 11 is 0. The van der Waals surface area contributed by atoms with Crippen LogP contribution in [0.15, 0.2) is 18.0 Å². The van der Waals surface area contributed by atoms with Crippen LogP contribution in [0.25, 0.3) is 0 Å². The van der Waals surface area contributed by atoms with E-state index in [9.17, 15) is 4.79 Å². The molecule has 3 heteroatoms. The quantitative estimate of drug-likeness (QED) is 0.591. The van der Waals surface area contributed by atoms with E-state index in [1.54, 1.807) is 5.96 Å². The normalized spacial score (nSPS) is 8.80. The molecule has 0 aromatic carbocycles. The van der Waals surface area contributed by atoms with Gasteiger partial charge in [0.2, 0.25) is 0 Å². The molecule has 0 aliphatic carbocycles. The molecule has 0 radical (unpaired) electrons. The van der Waals surface area contributed by atoms with E-state index in [-0.39, 0.29) is 0 Å². The number of carbonyl (C=O) groups is 1. The van der Waals surface area contributed by atoms with E-state index in [0.717, 1.165) is 11.8 Å². The van der Waals surface area contributed by atoms with Gasteiger partial charge in [0.25, 0.3) is 0 Å². The number of rotatable bonds is 2. The predicted molar refractivity (Wildman–Crippen MR) is 42.0 cm³/mol. The summed E-state index contributed by atoms with van der Waals surface area (Å²) in [7, 11) is 0. The average molecular weight is 133 g/mol. The number of hydrogen-bond donors (Lipinski definition) is 1. The second-order valence-corrected chi connectivity index (χ2v) is 2.07. The molecule has 1 aromatic heterocycles. The Balaban J connectivity index is 2.91. The van der Waals surface area contributed by atoms with Crippen LogP contribution in [0.3, 0.4) is 0 Å². The summed E-state index contributed by atoms with van der Waals surface area (Å²) < 4.78 is 0. The van der Waals surface area contributed by atoms with Crippen LogP contribution in [-0.4, -0.2) is 13.2 Å². The van der Waals surface area contributed by atoms with Crippen LogP contribution < -0.4 is 5.73 Å². The summed E-state index contributed by atoms with van der Waals surface area (Å²) in [5.41, 5.74) is 7.14. The summed E-state index contributed by atoms with van der Waals surface area (Å²) in [5, 5.41) is 0. The molecule has 0 saturated carbocycles. The third kappa shape index (κ3) is 1.44. The van der Waals surface area contributed by atoms with Gasteiger partial charge in [-0.25, -0.2) is 0 Å². The molecule has 0 unspecified atom stereocenters. The van der Waals surface area contributed by atoms with Gasteiger partial charge in [-0.3, -0.25) is 0 Å². The molecule has 50 valence electrons. The number of anilines is 1. The Kier molecular flexibility index (Phi) is 2.21. The third-order valence-electron chi connectivity index (χ3n) is 1.36. The molecule has 0 atom stereocenters. The zero-order chi connectivity index (χ0) is 7.40. The van der Waals surface area contributed by atoms with Crippen LogP contribution in [0.4, 0.5) is 5.69 Å². The maximum atomic E-state index is 10.1. The van der Waals surface area contributed by atoms with E-state index >= 15 is 0 Å². The fourth-order valence-electron chi connectivity index (χ4n) is 0.810. The van der Waals surface area contributed by atoms with Crippen LogP contribution >= 0.6 is 0 Å². The Morgan fingerprint density at radius 1 is 1.70 bits per heavy atom. The van der Waals surface area contributed by atoms with E-state index in [1.165, 1.54) is 0 Å². The third-order valence-corrected chi connectivity index (χ3v) is 1.36. The summed E-state index contributed by atoms with van der Waals surface area (Å²) in [6.45, 7) is 1.85. The van der Waals surface area contributed by atoms with E-state index < -0.39 is 0 Å². The molecule has 0 amide bonds. The number of aldehydes is 1. The van der Waals surface area contributed by atoms with E-state index in [2.05, 4.69) is 0 Å². The zero-order valence-electron chi connectivity index (χ0n) is 5.58. The van der Waals surface area contributed by atoms with Gasteiger partial charge >= 0.3 is 59.4 Å². The summed E-state index contributed by atoms with van der Waals surface area (Å²) in [5.74, 6) is 3.66. The number of hydrogen-bond acceptors (Lipinski definition) is 2. The van der Waals surface area contributed by atoms with Crippen molar-refractivity contribution in [2.45, 2.75) is 6.42 Å². The molecule has 10 heavy (non-hydrogen) atoms.